The summed E-state index contributed by atoms with van der Waals surface area (Å²) in [5.41, 5.74) is 1.51. The Labute approximate surface area is 116 Å². The molecule has 20 heavy (non-hydrogen) atoms. The lowest BCUT2D eigenvalue weighted by molar-refractivity contribution is -0.146. The lowest BCUT2D eigenvalue weighted by atomic mass is 10.3. The SMILES string of the molecule is Cc1nc(C)c(C)c(Sc2nnc(C(F)(F)F)n2N)n1. The van der Waals surface area contributed by atoms with Gasteiger partial charge in [-0.2, -0.15) is 13.2 Å². The number of aryl methyl sites for hydroxylation is 2. The highest BCUT2D eigenvalue weighted by Gasteiger charge is 2.38. The van der Waals surface area contributed by atoms with E-state index in [1.54, 1.807) is 20.8 Å². The molecule has 0 aromatic carbocycles. The summed E-state index contributed by atoms with van der Waals surface area (Å²) in [6.45, 7) is 5.27. The van der Waals surface area contributed by atoms with E-state index >= 15 is 0 Å². The molecule has 0 aliphatic carbocycles. The summed E-state index contributed by atoms with van der Waals surface area (Å²) in [6.07, 6.45) is -4.65. The Bertz CT molecular complexity index is 651. The fourth-order valence-corrected chi connectivity index (χ4v) is 2.38. The lowest BCUT2D eigenvalue weighted by Gasteiger charge is -2.08. The fraction of sp³-hybridized carbons (Fsp3) is 0.400. The fourth-order valence-electron chi connectivity index (χ4n) is 1.46. The molecule has 0 saturated heterocycles. The minimum Gasteiger partial charge on any atom is -0.335 e. The second-order valence-electron chi connectivity index (χ2n) is 4.06. The van der Waals surface area contributed by atoms with Crippen LogP contribution in [0.5, 0.6) is 0 Å². The molecule has 0 fully saturated rings. The Morgan fingerprint density at radius 1 is 1.10 bits per heavy atom. The quantitative estimate of drug-likeness (QED) is 0.674. The number of hydrogen-bond acceptors (Lipinski definition) is 6. The molecule has 2 aromatic rings. The molecule has 0 spiro atoms. The third-order valence-electron chi connectivity index (χ3n) is 2.56. The number of nitrogens with zero attached hydrogens (tertiary/aromatic N) is 5. The van der Waals surface area contributed by atoms with E-state index in [-0.39, 0.29) is 5.16 Å². The van der Waals surface area contributed by atoms with Gasteiger partial charge in [0.2, 0.25) is 5.16 Å². The molecule has 0 amide bonds. The molecule has 0 unspecified atom stereocenters. The van der Waals surface area contributed by atoms with Gasteiger partial charge in [0.1, 0.15) is 10.9 Å². The van der Waals surface area contributed by atoms with Crippen LogP contribution in [0.1, 0.15) is 22.9 Å². The molecule has 0 aliphatic heterocycles. The van der Waals surface area contributed by atoms with Gasteiger partial charge >= 0.3 is 6.18 Å². The normalized spacial score (nSPS) is 11.9. The van der Waals surface area contributed by atoms with Gasteiger partial charge in [-0.05, 0) is 32.5 Å². The molecule has 0 aliphatic rings. The standard InChI is InChI=1S/C10H11F3N6S/c1-4-5(2)15-6(3)16-7(4)20-9-18-17-8(19(9)14)10(11,12)13/h14H2,1-3H3. The van der Waals surface area contributed by atoms with Crippen molar-refractivity contribution in [3.63, 3.8) is 0 Å². The zero-order valence-corrected chi connectivity index (χ0v) is 11.7. The largest absolute Gasteiger partial charge is 0.453 e. The molecule has 0 atom stereocenters. The maximum atomic E-state index is 12.6. The predicted molar refractivity (Wildman–Crippen MR) is 65.5 cm³/mol. The van der Waals surface area contributed by atoms with Crippen molar-refractivity contribution in [3.05, 3.63) is 22.9 Å². The van der Waals surface area contributed by atoms with E-state index in [2.05, 4.69) is 20.2 Å². The van der Waals surface area contributed by atoms with Gasteiger partial charge in [-0.3, -0.25) is 0 Å². The summed E-state index contributed by atoms with van der Waals surface area (Å²) in [4.78, 5) is 8.34. The number of rotatable bonds is 2. The van der Waals surface area contributed by atoms with E-state index in [9.17, 15) is 13.2 Å². The first-order valence-electron chi connectivity index (χ1n) is 5.47. The molecular weight excluding hydrogens is 293 g/mol. The second-order valence-corrected chi connectivity index (χ2v) is 5.02. The molecule has 108 valence electrons. The Morgan fingerprint density at radius 3 is 2.30 bits per heavy atom. The van der Waals surface area contributed by atoms with Crippen LogP contribution in [0.2, 0.25) is 0 Å². The molecule has 2 N–H and O–H groups in total. The first kappa shape index (κ1) is 14.6. The van der Waals surface area contributed by atoms with Crippen LogP contribution in [-0.2, 0) is 6.18 Å². The van der Waals surface area contributed by atoms with Crippen LogP contribution < -0.4 is 5.84 Å². The number of hydrogen-bond donors (Lipinski definition) is 1. The zero-order chi connectivity index (χ0) is 15.1. The lowest BCUT2D eigenvalue weighted by Crippen LogP contribution is -2.21. The van der Waals surface area contributed by atoms with E-state index in [0.717, 1.165) is 23.0 Å². The summed E-state index contributed by atoms with van der Waals surface area (Å²) in [5.74, 6) is 4.64. The number of aromatic nitrogens is 5. The van der Waals surface area contributed by atoms with E-state index in [1.807, 2.05) is 0 Å². The molecule has 2 aromatic heterocycles. The molecule has 10 heteroatoms. The Kier molecular flexibility index (Phi) is 3.59. The highest BCUT2D eigenvalue weighted by atomic mass is 32.2. The van der Waals surface area contributed by atoms with Crippen LogP contribution in [0.4, 0.5) is 13.2 Å². The number of nitrogens with two attached hydrogens (primary N) is 1. The van der Waals surface area contributed by atoms with Gasteiger partial charge in [-0.15, -0.1) is 10.2 Å². The monoisotopic (exact) mass is 304 g/mol. The molecule has 2 rings (SSSR count). The number of nitrogen functional groups attached to an aromatic ring is 1. The third-order valence-corrected chi connectivity index (χ3v) is 3.61. The first-order chi connectivity index (χ1) is 9.20. The van der Waals surface area contributed by atoms with E-state index in [4.69, 9.17) is 5.84 Å². The Balaban J connectivity index is 2.39. The zero-order valence-electron chi connectivity index (χ0n) is 10.9. The third kappa shape index (κ3) is 2.69. The van der Waals surface area contributed by atoms with Crippen LogP contribution >= 0.6 is 11.8 Å². The smallest absolute Gasteiger partial charge is 0.335 e. The van der Waals surface area contributed by atoms with Gasteiger partial charge in [0, 0.05) is 11.3 Å². The van der Waals surface area contributed by atoms with Crippen molar-refractivity contribution in [1.82, 2.24) is 24.8 Å². The van der Waals surface area contributed by atoms with Crippen molar-refractivity contribution in [2.75, 3.05) is 5.84 Å². The Morgan fingerprint density at radius 2 is 1.75 bits per heavy atom. The summed E-state index contributed by atoms with van der Waals surface area (Å²) in [6, 6.07) is 0. The van der Waals surface area contributed by atoms with Gasteiger partial charge < -0.3 is 5.84 Å². The van der Waals surface area contributed by atoms with Crippen LogP contribution in [0, 0.1) is 20.8 Å². The van der Waals surface area contributed by atoms with Crippen molar-refractivity contribution in [1.29, 1.82) is 0 Å². The average molecular weight is 304 g/mol. The average Bonchev–Trinajstić information content (AvgIpc) is 2.67. The van der Waals surface area contributed by atoms with Crippen molar-refractivity contribution in [3.8, 4) is 0 Å². The van der Waals surface area contributed by atoms with Crippen LogP contribution in [-0.4, -0.2) is 24.8 Å². The van der Waals surface area contributed by atoms with Crippen LogP contribution in [0.3, 0.4) is 0 Å². The summed E-state index contributed by atoms with van der Waals surface area (Å²) in [7, 11) is 0. The minimum atomic E-state index is -4.65. The number of halogens is 3. The molecule has 0 radical (unpaired) electrons. The highest BCUT2D eigenvalue weighted by Crippen LogP contribution is 2.32. The highest BCUT2D eigenvalue weighted by molar-refractivity contribution is 7.99. The summed E-state index contributed by atoms with van der Waals surface area (Å²) < 4.78 is 38.1. The van der Waals surface area contributed by atoms with Crippen LogP contribution in [0.25, 0.3) is 0 Å². The van der Waals surface area contributed by atoms with Crippen molar-refractivity contribution in [2.24, 2.45) is 0 Å². The van der Waals surface area contributed by atoms with Gasteiger partial charge in [0.15, 0.2) is 0 Å². The minimum absolute atomic E-state index is 0.0853. The maximum Gasteiger partial charge on any atom is 0.453 e. The van der Waals surface area contributed by atoms with Gasteiger partial charge in [0.25, 0.3) is 5.82 Å². The van der Waals surface area contributed by atoms with Gasteiger partial charge in [0.05, 0.1) is 0 Å². The van der Waals surface area contributed by atoms with Crippen molar-refractivity contribution in [2.45, 2.75) is 37.1 Å². The maximum absolute atomic E-state index is 12.6. The summed E-state index contributed by atoms with van der Waals surface area (Å²) in [5, 5.41) is 6.92. The van der Waals surface area contributed by atoms with E-state index in [0.29, 0.717) is 15.5 Å². The molecule has 2 heterocycles. The van der Waals surface area contributed by atoms with E-state index < -0.39 is 12.0 Å². The van der Waals surface area contributed by atoms with Crippen molar-refractivity contribution < 1.29 is 13.2 Å². The summed E-state index contributed by atoms with van der Waals surface area (Å²) >= 11 is 0.919. The van der Waals surface area contributed by atoms with Gasteiger partial charge in [-0.1, -0.05) is 0 Å². The molecular formula is C10H11F3N6S. The first-order valence-corrected chi connectivity index (χ1v) is 6.29. The molecule has 0 bridgehead atoms. The Hall–Kier alpha value is -1.84. The van der Waals surface area contributed by atoms with Crippen LogP contribution in [0.15, 0.2) is 10.2 Å². The predicted octanol–water partition coefficient (Wildman–Crippen LogP) is 1.88. The molecule has 6 nitrogen and oxygen atoms in total. The second kappa shape index (κ2) is 4.93. The van der Waals surface area contributed by atoms with E-state index in [1.165, 1.54) is 0 Å². The van der Waals surface area contributed by atoms with Gasteiger partial charge in [-0.25, -0.2) is 14.6 Å². The molecule has 0 saturated carbocycles. The topological polar surface area (TPSA) is 82.5 Å². The number of alkyl halides is 3. The van der Waals surface area contributed by atoms with Crippen molar-refractivity contribution >= 4 is 11.8 Å².